The van der Waals surface area contributed by atoms with Crippen molar-refractivity contribution in [1.29, 1.82) is 0 Å². The molecule has 1 aliphatic heterocycles. The molecule has 18 heavy (non-hydrogen) atoms. The van der Waals surface area contributed by atoms with E-state index in [1.54, 1.807) is 4.90 Å². The van der Waals surface area contributed by atoms with Crippen LogP contribution in [0.5, 0.6) is 0 Å². The maximum Gasteiger partial charge on any atom is 0.132 e. The number of piperazine rings is 1. The first-order valence-electron chi connectivity index (χ1n) is 5.78. The minimum atomic E-state index is -0.847. The van der Waals surface area contributed by atoms with E-state index in [1.165, 1.54) is 12.1 Å². The maximum atomic E-state index is 13.8. The van der Waals surface area contributed by atoms with Gasteiger partial charge in [-0.2, -0.15) is 0 Å². The van der Waals surface area contributed by atoms with Crippen molar-refractivity contribution < 1.29 is 13.2 Å². The molecule has 1 fully saturated rings. The normalized spacial score (nSPS) is 18.9. The number of nitrogens with zero attached hydrogens (tertiary/aromatic N) is 1. The van der Waals surface area contributed by atoms with Crippen LogP contribution in [0.1, 0.15) is 11.6 Å². The van der Waals surface area contributed by atoms with Crippen molar-refractivity contribution >= 4 is 15.9 Å². The van der Waals surface area contributed by atoms with Gasteiger partial charge in [-0.1, -0.05) is 15.9 Å². The van der Waals surface area contributed by atoms with E-state index in [0.29, 0.717) is 30.7 Å². The quantitative estimate of drug-likeness (QED) is 0.920. The van der Waals surface area contributed by atoms with E-state index in [1.807, 2.05) is 0 Å². The lowest BCUT2D eigenvalue weighted by molar-refractivity contribution is 0.141. The summed E-state index contributed by atoms with van der Waals surface area (Å²) in [7, 11) is 0. The lowest BCUT2D eigenvalue weighted by Gasteiger charge is -2.33. The highest BCUT2D eigenvalue weighted by atomic mass is 79.9. The van der Waals surface area contributed by atoms with E-state index < -0.39 is 24.4 Å². The molecular weight excluding hydrogens is 309 g/mol. The third-order valence-corrected chi connectivity index (χ3v) is 3.57. The predicted octanol–water partition coefficient (Wildman–Crippen LogP) is 2.64. The number of halogens is 4. The molecule has 0 saturated carbocycles. The number of alkyl halides is 1. The van der Waals surface area contributed by atoms with Gasteiger partial charge in [-0.15, -0.1) is 0 Å². The topological polar surface area (TPSA) is 15.3 Å². The van der Waals surface area contributed by atoms with Crippen LogP contribution in [0.25, 0.3) is 0 Å². The number of benzene rings is 1. The van der Waals surface area contributed by atoms with E-state index in [0.717, 1.165) is 0 Å². The van der Waals surface area contributed by atoms with Crippen LogP contribution in [0.3, 0.4) is 0 Å². The van der Waals surface area contributed by atoms with Crippen LogP contribution in [0, 0.1) is 11.6 Å². The second kappa shape index (κ2) is 6.04. The molecule has 0 bridgehead atoms. The fraction of sp³-hybridized carbons (Fsp3) is 0.500. The van der Waals surface area contributed by atoms with Crippen LogP contribution in [0.2, 0.25) is 0 Å². The van der Waals surface area contributed by atoms with E-state index >= 15 is 0 Å². The van der Waals surface area contributed by atoms with Gasteiger partial charge in [0.2, 0.25) is 0 Å². The van der Waals surface area contributed by atoms with Crippen LogP contribution < -0.4 is 5.32 Å². The first-order chi connectivity index (χ1) is 8.63. The van der Waals surface area contributed by atoms with E-state index in [9.17, 15) is 13.2 Å². The summed E-state index contributed by atoms with van der Waals surface area (Å²) < 4.78 is 41.1. The lowest BCUT2D eigenvalue weighted by atomic mass is 10.0. The smallest absolute Gasteiger partial charge is 0.132 e. The Bertz CT molecular complexity index is 399. The average Bonchev–Trinajstić information content (AvgIpc) is 2.34. The number of hydrogen-bond acceptors (Lipinski definition) is 2. The van der Waals surface area contributed by atoms with Gasteiger partial charge < -0.3 is 5.32 Å². The Morgan fingerprint density at radius 1 is 1.22 bits per heavy atom. The van der Waals surface area contributed by atoms with E-state index in [4.69, 9.17) is 0 Å². The predicted molar refractivity (Wildman–Crippen MR) is 67.2 cm³/mol. The van der Waals surface area contributed by atoms with Gasteiger partial charge in [0.15, 0.2) is 0 Å². The second-order valence-electron chi connectivity index (χ2n) is 4.24. The molecule has 1 aliphatic rings. The molecule has 0 spiro atoms. The first-order valence-corrected chi connectivity index (χ1v) is 6.58. The highest BCUT2D eigenvalue weighted by Gasteiger charge is 2.27. The Morgan fingerprint density at radius 3 is 2.28 bits per heavy atom. The summed E-state index contributed by atoms with van der Waals surface area (Å²) in [5.74, 6) is -1.41. The van der Waals surface area contributed by atoms with Crippen LogP contribution >= 0.6 is 15.9 Å². The number of hydrogen-bond donors (Lipinski definition) is 1. The molecule has 1 N–H and O–H groups in total. The van der Waals surface area contributed by atoms with Gasteiger partial charge in [0.05, 0.1) is 6.04 Å². The van der Waals surface area contributed by atoms with Gasteiger partial charge in [-0.05, 0) is 12.1 Å². The van der Waals surface area contributed by atoms with Gasteiger partial charge in [0.25, 0.3) is 0 Å². The van der Waals surface area contributed by atoms with E-state index in [-0.39, 0.29) is 5.56 Å². The summed E-state index contributed by atoms with van der Waals surface area (Å²) in [5, 5.41) is 3.12. The summed E-state index contributed by atoms with van der Waals surface area (Å²) in [6.45, 7) is 1.79. The van der Waals surface area contributed by atoms with E-state index in [2.05, 4.69) is 21.2 Å². The molecule has 100 valence electrons. The third-order valence-electron chi connectivity index (χ3n) is 3.12. The largest absolute Gasteiger partial charge is 0.314 e. The van der Waals surface area contributed by atoms with Crippen molar-refractivity contribution in [2.45, 2.75) is 6.04 Å². The maximum absolute atomic E-state index is 13.8. The van der Waals surface area contributed by atoms with Crippen molar-refractivity contribution in [2.24, 2.45) is 0 Å². The average molecular weight is 323 g/mol. The Morgan fingerprint density at radius 2 is 1.78 bits per heavy atom. The highest BCUT2D eigenvalue weighted by Crippen LogP contribution is 2.29. The molecule has 1 aromatic rings. The zero-order chi connectivity index (χ0) is 13.1. The van der Waals surface area contributed by atoms with Gasteiger partial charge in [-0.3, -0.25) is 4.90 Å². The molecule has 6 heteroatoms. The summed E-state index contributed by atoms with van der Waals surface area (Å²) in [4.78, 5) is 1.77. The number of nitrogens with one attached hydrogen (secondary N) is 1. The molecule has 2 rings (SSSR count). The van der Waals surface area contributed by atoms with Crippen molar-refractivity contribution in [1.82, 2.24) is 10.2 Å². The molecule has 2 nitrogen and oxygen atoms in total. The minimum Gasteiger partial charge on any atom is -0.314 e. The fourth-order valence-electron chi connectivity index (χ4n) is 2.22. The van der Waals surface area contributed by atoms with Gasteiger partial charge in [0.1, 0.15) is 18.3 Å². The standard InChI is InChI=1S/C12H14BrF3N2/c13-8-5-9(15)12(10(16)6-8)11(7-14)18-3-1-17-2-4-18/h5-6,11,17H,1-4,7H2/t11-/m0/s1. The molecule has 1 atom stereocenters. The molecule has 1 saturated heterocycles. The zero-order valence-corrected chi connectivity index (χ0v) is 11.3. The Balaban J connectivity index is 2.32. The molecule has 0 aromatic heterocycles. The van der Waals surface area contributed by atoms with Gasteiger partial charge >= 0.3 is 0 Å². The lowest BCUT2D eigenvalue weighted by Crippen LogP contribution is -2.46. The Hall–Kier alpha value is -0.590. The van der Waals surface area contributed by atoms with Crippen molar-refractivity contribution in [2.75, 3.05) is 32.9 Å². The summed E-state index contributed by atoms with van der Waals surface area (Å²) in [5.41, 5.74) is -0.178. The molecule has 0 unspecified atom stereocenters. The Labute approximate surface area is 112 Å². The SMILES string of the molecule is FC[C@@H](c1c(F)cc(Br)cc1F)N1CCNCC1. The fourth-order valence-corrected chi connectivity index (χ4v) is 2.62. The summed E-state index contributed by atoms with van der Waals surface area (Å²) in [6, 6.07) is 1.49. The molecule has 0 amide bonds. The van der Waals surface area contributed by atoms with Crippen LogP contribution in [0.15, 0.2) is 16.6 Å². The number of rotatable bonds is 3. The van der Waals surface area contributed by atoms with Crippen molar-refractivity contribution in [3.05, 3.63) is 33.8 Å². The van der Waals surface area contributed by atoms with Crippen LogP contribution in [-0.2, 0) is 0 Å². The monoisotopic (exact) mass is 322 g/mol. The Kier molecular flexibility index (Phi) is 4.64. The molecule has 0 radical (unpaired) electrons. The van der Waals surface area contributed by atoms with Crippen molar-refractivity contribution in [3.8, 4) is 0 Å². The van der Waals surface area contributed by atoms with Crippen LogP contribution in [-0.4, -0.2) is 37.8 Å². The zero-order valence-electron chi connectivity index (χ0n) is 9.73. The molecular formula is C12H14BrF3N2. The third kappa shape index (κ3) is 2.87. The van der Waals surface area contributed by atoms with Gasteiger partial charge in [-0.25, -0.2) is 13.2 Å². The van der Waals surface area contributed by atoms with Crippen LogP contribution in [0.4, 0.5) is 13.2 Å². The molecule has 1 heterocycles. The summed E-state index contributed by atoms with van der Waals surface area (Å²) >= 11 is 3.02. The van der Waals surface area contributed by atoms with Gasteiger partial charge in [0, 0.05) is 36.2 Å². The molecule has 1 aromatic carbocycles. The van der Waals surface area contributed by atoms with Crippen molar-refractivity contribution in [3.63, 3.8) is 0 Å². The molecule has 0 aliphatic carbocycles. The summed E-state index contributed by atoms with van der Waals surface area (Å²) in [6.07, 6.45) is 0. The highest BCUT2D eigenvalue weighted by molar-refractivity contribution is 9.10. The second-order valence-corrected chi connectivity index (χ2v) is 5.15. The minimum absolute atomic E-state index is 0.178. The first kappa shape index (κ1) is 13.8.